The van der Waals surface area contributed by atoms with Gasteiger partial charge in [-0.05, 0) is 5.56 Å². The summed E-state index contributed by atoms with van der Waals surface area (Å²) in [5.41, 5.74) is -4.58. The highest BCUT2D eigenvalue weighted by Gasteiger charge is 2.59. The lowest BCUT2D eigenvalue weighted by Crippen LogP contribution is -2.43. The van der Waals surface area contributed by atoms with E-state index in [2.05, 4.69) is 4.18 Å². The predicted molar refractivity (Wildman–Crippen MR) is 69.5 cm³/mol. The van der Waals surface area contributed by atoms with E-state index in [1.54, 1.807) is 0 Å². The van der Waals surface area contributed by atoms with Crippen molar-refractivity contribution in [1.29, 1.82) is 0 Å². The van der Waals surface area contributed by atoms with Crippen molar-refractivity contribution in [3.05, 3.63) is 35.9 Å². The van der Waals surface area contributed by atoms with Crippen LogP contribution in [0.3, 0.4) is 0 Å². The molecule has 0 saturated carbocycles. The predicted octanol–water partition coefficient (Wildman–Crippen LogP) is 1.56. The molecule has 2 aliphatic heterocycles. The maximum absolute atomic E-state index is 12.3. The number of alkyl halides is 3. The van der Waals surface area contributed by atoms with Gasteiger partial charge in [0, 0.05) is 0 Å². The Morgan fingerprint density at radius 2 is 1.87 bits per heavy atom. The third-order valence-corrected chi connectivity index (χ3v) is 4.48. The van der Waals surface area contributed by atoms with E-state index in [0.29, 0.717) is 0 Å². The number of ether oxygens (including phenoxy) is 3. The van der Waals surface area contributed by atoms with Crippen molar-refractivity contribution in [3.63, 3.8) is 0 Å². The fraction of sp³-hybridized carbons (Fsp3) is 0.538. The molecule has 10 heteroatoms. The molecule has 3 rings (SSSR count). The van der Waals surface area contributed by atoms with Gasteiger partial charge < -0.3 is 14.2 Å². The van der Waals surface area contributed by atoms with E-state index in [-0.39, 0.29) is 13.2 Å². The number of halogens is 3. The average molecular weight is 354 g/mol. The van der Waals surface area contributed by atoms with E-state index in [9.17, 15) is 21.6 Å². The summed E-state index contributed by atoms with van der Waals surface area (Å²) in [5, 5.41) is 0. The summed E-state index contributed by atoms with van der Waals surface area (Å²) in [5.74, 6) is 0. The van der Waals surface area contributed by atoms with Crippen LogP contribution in [-0.2, 0) is 35.1 Å². The largest absolute Gasteiger partial charge is 0.523 e. The Kier molecular flexibility index (Phi) is 4.36. The van der Waals surface area contributed by atoms with E-state index in [4.69, 9.17) is 14.2 Å². The number of hydrogen-bond donors (Lipinski definition) is 0. The fourth-order valence-electron chi connectivity index (χ4n) is 2.23. The first-order valence-corrected chi connectivity index (χ1v) is 8.11. The Labute approximate surface area is 130 Å². The van der Waals surface area contributed by atoms with Gasteiger partial charge in [-0.2, -0.15) is 21.6 Å². The van der Waals surface area contributed by atoms with Crippen LogP contribution in [-0.4, -0.2) is 45.1 Å². The van der Waals surface area contributed by atoms with Crippen LogP contribution < -0.4 is 0 Å². The van der Waals surface area contributed by atoms with E-state index in [1.165, 1.54) is 0 Å². The first-order valence-electron chi connectivity index (χ1n) is 6.70. The number of hydrogen-bond acceptors (Lipinski definition) is 6. The van der Waals surface area contributed by atoms with E-state index in [1.807, 2.05) is 30.3 Å². The molecule has 1 aromatic carbocycles. The molecule has 0 N–H and O–H groups in total. The Morgan fingerprint density at radius 3 is 2.52 bits per heavy atom. The van der Waals surface area contributed by atoms with Gasteiger partial charge in [0.25, 0.3) is 0 Å². The van der Waals surface area contributed by atoms with Gasteiger partial charge in [0.15, 0.2) is 6.29 Å². The number of fused-ring (bicyclic) bond motifs is 1. The standard InChI is InChI=1S/C13H13F3O6S/c14-13(15,16)23(17,18)22-9-7-20-12(11-10(9)21-11)19-6-8-4-2-1-3-5-8/h1-5,9-12H,6-7H2/t9-,10+,11+,12?/m0/s1. The van der Waals surface area contributed by atoms with Crippen molar-refractivity contribution in [2.45, 2.75) is 36.7 Å². The van der Waals surface area contributed by atoms with Crippen LogP contribution in [0.15, 0.2) is 30.3 Å². The van der Waals surface area contributed by atoms with Crippen LogP contribution in [0.25, 0.3) is 0 Å². The van der Waals surface area contributed by atoms with Gasteiger partial charge in [-0.1, -0.05) is 30.3 Å². The molecule has 2 heterocycles. The van der Waals surface area contributed by atoms with Crippen molar-refractivity contribution in [2.24, 2.45) is 0 Å². The summed E-state index contributed by atoms with van der Waals surface area (Å²) in [6.45, 7) is -0.125. The minimum absolute atomic E-state index is 0.241. The summed E-state index contributed by atoms with van der Waals surface area (Å²) in [7, 11) is -5.68. The highest BCUT2D eigenvalue weighted by molar-refractivity contribution is 7.87. The average Bonchev–Trinajstić information content (AvgIpc) is 3.27. The first-order chi connectivity index (χ1) is 10.8. The summed E-state index contributed by atoms with van der Waals surface area (Å²) in [4.78, 5) is 0. The molecule has 23 heavy (non-hydrogen) atoms. The quantitative estimate of drug-likeness (QED) is 0.454. The van der Waals surface area contributed by atoms with Crippen molar-refractivity contribution in [1.82, 2.24) is 0 Å². The normalized spacial score (nSPS) is 30.7. The van der Waals surface area contributed by atoms with Gasteiger partial charge in [-0.25, -0.2) is 0 Å². The molecule has 2 saturated heterocycles. The molecule has 2 aliphatic rings. The fourth-order valence-corrected chi connectivity index (χ4v) is 2.83. The second kappa shape index (κ2) is 6.02. The van der Waals surface area contributed by atoms with Gasteiger partial charge in [-0.15, -0.1) is 0 Å². The molecule has 1 aromatic rings. The molecule has 0 radical (unpaired) electrons. The second-order valence-electron chi connectivity index (χ2n) is 5.10. The lowest BCUT2D eigenvalue weighted by molar-refractivity contribution is -0.180. The molecule has 1 unspecified atom stereocenters. The van der Waals surface area contributed by atoms with Gasteiger partial charge in [0.1, 0.15) is 18.3 Å². The summed E-state index contributed by atoms with van der Waals surface area (Å²) < 4.78 is 78.9. The first kappa shape index (κ1) is 16.7. The number of benzene rings is 1. The maximum atomic E-state index is 12.3. The molecule has 4 atom stereocenters. The van der Waals surface area contributed by atoms with Crippen molar-refractivity contribution in [2.75, 3.05) is 6.61 Å². The third kappa shape index (κ3) is 3.66. The van der Waals surface area contributed by atoms with Crippen molar-refractivity contribution >= 4 is 10.1 Å². The highest BCUT2D eigenvalue weighted by atomic mass is 32.2. The zero-order valence-electron chi connectivity index (χ0n) is 11.6. The molecule has 0 aliphatic carbocycles. The Bertz CT molecular complexity index is 647. The van der Waals surface area contributed by atoms with E-state index in [0.717, 1.165) is 5.56 Å². The zero-order valence-corrected chi connectivity index (χ0v) is 12.4. The summed E-state index contributed by atoms with van der Waals surface area (Å²) in [6.07, 6.45) is -3.53. The molecule has 0 amide bonds. The summed E-state index contributed by atoms with van der Waals surface area (Å²) in [6, 6.07) is 9.21. The molecular formula is C13H13F3O6S. The maximum Gasteiger partial charge on any atom is 0.523 e. The minimum Gasteiger partial charge on any atom is -0.361 e. The van der Waals surface area contributed by atoms with Gasteiger partial charge in [0.2, 0.25) is 0 Å². The van der Waals surface area contributed by atoms with Crippen LogP contribution >= 0.6 is 0 Å². The van der Waals surface area contributed by atoms with E-state index < -0.39 is 40.2 Å². The van der Waals surface area contributed by atoms with Crippen LogP contribution in [0.5, 0.6) is 0 Å². The summed E-state index contributed by atoms with van der Waals surface area (Å²) >= 11 is 0. The molecule has 0 aromatic heterocycles. The Balaban J connectivity index is 1.53. The Hall–Kier alpha value is -1.20. The lowest BCUT2D eigenvalue weighted by Gasteiger charge is -2.25. The van der Waals surface area contributed by atoms with E-state index >= 15 is 0 Å². The second-order valence-corrected chi connectivity index (χ2v) is 6.66. The monoisotopic (exact) mass is 354 g/mol. The molecule has 0 spiro atoms. The van der Waals surface area contributed by atoms with Crippen LogP contribution in [0.1, 0.15) is 5.56 Å². The molecule has 2 fully saturated rings. The molecule has 128 valence electrons. The smallest absolute Gasteiger partial charge is 0.361 e. The number of rotatable bonds is 5. The molecule has 6 nitrogen and oxygen atoms in total. The SMILES string of the molecule is O=S(=O)(O[C@H]1COC(OCc2ccccc2)[C@@H]2O[C@H]12)C(F)(F)F. The van der Waals surface area contributed by atoms with Crippen LogP contribution in [0.4, 0.5) is 13.2 Å². The lowest BCUT2D eigenvalue weighted by atomic mass is 10.1. The topological polar surface area (TPSA) is 74.4 Å². The highest BCUT2D eigenvalue weighted by Crippen LogP contribution is 2.39. The molecule has 0 bridgehead atoms. The van der Waals surface area contributed by atoms with Crippen LogP contribution in [0.2, 0.25) is 0 Å². The Morgan fingerprint density at radius 1 is 1.17 bits per heavy atom. The minimum atomic E-state index is -5.68. The zero-order chi connectivity index (χ0) is 16.7. The van der Waals surface area contributed by atoms with Gasteiger partial charge in [0.05, 0.1) is 13.2 Å². The number of epoxide rings is 1. The van der Waals surface area contributed by atoms with Gasteiger partial charge >= 0.3 is 15.6 Å². The molecular weight excluding hydrogens is 341 g/mol. The third-order valence-electron chi connectivity index (χ3n) is 3.41. The van der Waals surface area contributed by atoms with Crippen molar-refractivity contribution < 1.29 is 40.0 Å². The van der Waals surface area contributed by atoms with Gasteiger partial charge in [-0.3, -0.25) is 4.18 Å². The van der Waals surface area contributed by atoms with Crippen molar-refractivity contribution in [3.8, 4) is 0 Å². The van der Waals surface area contributed by atoms with Crippen LogP contribution in [0, 0.1) is 0 Å².